The first-order chi connectivity index (χ1) is 13.6. The number of halogens is 1. The van der Waals surface area contributed by atoms with E-state index in [1.54, 1.807) is 18.2 Å². The molecule has 1 aliphatic rings. The average molecular weight is 380 g/mol. The number of rotatable bonds is 4. The van der Waals surface area contributed by atoms with Crippen LogP contribution in [0.5, 0.6) is 0 Å². The Labute approximate surface area is 162 Å². The van der Waals surface area contributed by atoms with E-state index in [2.05, 4.69) is 15.5 Å². The van der Waals surface area contributed by atoms with Gasteiger partial charge < -0.3 is 14.3 Å². The van der Waals surface area contributed by atoms with E-state index >= 15 is 0 Å². The number of furan rings is 1. The van der Waals surface area contributed by atoms with Gasteiger partial charge in [-0.3, -0.25) is 4.79 Å². The van der Waals surface area contributed by atoms with Gasteiger partial charge in [-0.25, -0.2) is 4.39 Å². The average Bonchev–Trinajstić information content (AvgIpc) is 3.20. The summed E-state index contributed by atoms with van der Waals surface area (Å²) < 4.78 is 21.9. The molecule has 0 fully saturated rings. The molecule has 0 aliphatic carbocycles. The third kappa shape index (κ3) is 3.88. The molecule has 144 valence electrons. The van der Waals surface area contributed by atoms with Gasteiger partial charge in [-0.15, -0.1) is 10.2 Å². The topological polar surface area (TPSA) is 73.0 Å². The van der Waals surface area contributed by atoms with Crippen molar-refractivity contribution in [2.45, 2.75) is 39.2 Å². The van der Waals surface area contributed by atoms with Crippen molar-refractivity contribution >= 4 is 17.7 Å². The zero-order valence-corrected chi connectivity index (χ0v) is 15.6. The summed E-state index contributed by atoms with van der Waals surface area (Å²) >= 11 is 0. The molecule has 28 heavy (non-hydrogen) atoms. The largest absolute Gasteiger partial charge is 0.462 e. The monoisotopic (exact) mass is 380 g/mol. The van der Waals surface area contributed by atoms with Gasteiger partial charge in [-0.2, -0.15) is 0 Å². The lowest BCUT2D eigenvalue weighted by molar-refractivity contribution is -0.111. The highest BCUT2D eigenvalue weighted by atomic mass is 19.1. The summed E-state index contributed by atoms with van der Waals surface area (Å²) in [6.45, 7) is 2.61. The van der Waals surface area contributed by atoms with Crippen LogP contribution in [0.1, 0.15) is 36.6 Å². The molecule has 1 amide bonds. The molecule has 1 aromatic carbocycles. The minimum atomic E-state index is -0.390. The van der Waals surface area contributed by atoms with E-state index in [-0.39, 0.29) is 11.7 Å². The van der Waals surface area contributed by atoms with Crippen LogP contribution in [-0.4, -0.2) is 20.7 Å². The van der Waals surface area contributed by atoms with Gasteiger partial charge in [0.15, 0.2) is 5.82 Å². The van der Waals surface area contributed by atoms with E-state index in [0.29, 0.717) is 22.8 Å². The normalized spacial score (nSPS) is 14.1. The Morgan fingerprint density at radius 1 is 1.21 bits per heavy atom. The number of amides is 1. The molecule has 0 saturated heterocycles. The highest BCUT2D eigenvalue weighted by Crippen LogP contribution is 2.27. The first-order valence-electron chi connectivity index (χ1n) is 9.37. The number of carbonyl (C=O) groups excluding carboxylic acids is 1. The van der Waals surface area contributed by atoms with E-state index in [1.165, 1.54) is 18.2 Å². The molecule has 4 rings (SSSR count). The molecule has 1 N–H and O–H groups in total. The summed E-state index contributed by atoms with van der Waals surface area (Å²) in [4.78, 5) is 12.2. The number of hydrogen-bond donors (Lipinski definition) is 1. The molecule has 3 aromatic rings. The van der Waals surface area contributed by atoms with E-state index in [0.717, 1.165) is 43.8 Å². The second kappa shape index (κ2) is 7.80. The zero-order chi connectivity index (χ0) is 19.5. The maximum absolute atomic E-state index is 14.5. The number of nitrogens with zero attached hydrogens (tertiary/aromatic N) is 3. The van der Waals surface area contributed by atoms with Crippen molar-refractivity contribution in [1.82, 2.24) is 14.8 Å². The molecule has 6 nitrogen and oxygen atoms in total. The molecule has 3 heterocycles. The quantitative estimate of drug-likeness (QED) is 0.683. The smallest absolute Gasteiger partial charge is 0.248 e. The minimum absolute atomic E-state index is 0.327. The van der Waals surface area contributed by atoms with Crippen molar-refractivity contribution in [3.05, 3.63) is 59.6 Å². The fourth-order valence-electron chi connectivity index (χ4n) is 3.34. The Balaban J connectivity index is 1.55. The third-order valence-corrected chi connectivity index (χ3v) is 4.74. The number of carbonyl (C=O) groups is 1. The number of anilines is 1. The van der Waals surface area contributed by atoms with Crippen LogP contribution >= 0.6 is 0 Å². The Kier molecular flexibility index (Phi) is 5.06. The predicted molar refractivity (Wildman–Crippen MR) is 104 cm³/mol. The summed E-state index contributed by atoms with van der Waals surface area (Å²) in [7, 11) is 0. The van der Waals surface area contributed by atoms with Crippen LogP contribution < -0.4 is 5.32 Å². The number of benzene rings is 1. The highest BCUT2D eigenvalue weighted by molar-refractivity contribution is 6.02. The van der Waals surface area contributed by atoms with Crippen LogP contribution in [0.25, 0.3) is 17.5 Å². The van der Waals surface area contributed by atoms with Crippen molar-refractivity contribution in [2.24, 2.45) is 0 Å². The number of aryl methyl sites for hydroxylation is 2. The minimum Gasteiger partial charge on any atom is -0.462 e. The Morgan fingerprint density at radius 2 is 2.11 bits per heavy atom. The Morgan fingerprint density at radius 3 is 2.93 bits per heavy atom. The zero-order valence-electron chi connectivity index (χ0n) is 15.6. The van der Waals surface area contributed by atoms with Crippen LogP contribution in [0.4, 0.5) is 10.1 Å². The molecule has 7 heteroatoms. The van der Waals surface area contributed by atoms with Crippen LogP contribution in [-0.2, 0) is 17.8 Å². The summed E-state index contributed by atoms with van der Waals surface area (Å²) in [6.07, 6.45) is 7.03. The second-order valence-corrected chi connectivity index (χ2v) is 6.87. The van der Waals surface area contributed by atoms with Gasteiger partial charge in [-0.05, 0) is 56.2 Å². The fraction of sp³-hybridized carbons (Fsp3) is 0.286. The lowest BCUT2D eigenvalue weighted by Gasteiger charge is -2.10. The summed E-state index contributed by atoms with van der Waals surface area (Å²) in [5, 5.41) is 11.2. The highest BCUT2D eigenvalue weighted by Gasteiger charge is 2.19. The SMILES string of the molecule is Cc1ccc(/C=C/C(=O)Nc2ccc(F)c(-c3nnc4n3CCCCC4)c2)o1. The van der Waals surface area contributed by atoms with Gasteiger partial charge in [0.05, 0.1) is 5.56 Å². The van der Waals surface area contributed by atoms with Crippen molar-refractivity contribution in [2.75, 3.05) is 5.32 Å². The van der Waals surface area contributed by atoms with Crippen LogP contribution in [0.3, 0.4) is 0 Å². The van der Waals surface area contributed by atoms with Gasteiger partial charge in [0.25, 0.3) is 0 Å². The molecular weight excluding hydrogens is 359 g/mol. The van der Waals surface area contributed by atoms with Crippen LogP contribution in [0.2, 0.25) is 0 Å². The van der Waals surface area contributed by atoms with Gasteiger partial charge in [0, 0.05) is 24.7 Å². The number of aromatic nitrogens is 3. The molecular formula is C21H21FN4O2. The maximum atomic E-state index is 14.5. The van der Waals surface area contributed by atoms with Crippen molar-refractivity contribution in [3.63, 3.8) is 0 Å². The van der Waals surface area contributed by atoms with Crippen LogP contribution in [0, 0.1) is 12.7 Å². The van der Waals surface area contributed by atoms with Gasteiger partial charge in [0.2, 0.25) is 5.91 Å². The molecule has 0 unspecified atom stereocenters. The predicted octanol–water partition coefficient (Wildman–Crippen LogP) is 4.36. The standard InChI is InChI=1S/C21H21FN4O2/c1-14-6-8-16(28-14)9-11-20(27)23-15-7-10-18(22)17(13-15)21-25-24-19-5-3-2-4-12-26(19)21/h6-11,13H,2-5,12H2,1H3,(H,23,27)/b11-9+. The van der Waals surface area contributed by atoms with Crippen LogP contribution in [0.15, 0.2) is 40.8 Å². The molecule has 0 spiro atoms. The Bertz CT molecular complexity index is 1030. The van der Waals surface area contributed by atoms with Gasteiger partial charge in [0.1, 0.15) is 23.2 Å². The molecule has 0 saturated carbocycles. The maximum Gasteiger partial charge on any atom is 0.248 e. The fourth-order valence-corrected chi connectivity index (χ4v) is 3.34. The van der Waals surface area contributed by atoms with E-state index < -0.39 is 0 Å². The van der Waals surface area contributed by atoms with Gasteiger partial charge >= 0.3 is 0 Å². The lowest BCUT2D eigenvalue weighted by atomic mass is 10.1. The van der Waals surface area contributed by atoms with E-state index in [4.69, 9.17) is 4.42 Å². The van der Waals surface area contributed by atoms with E-state index in [9.17, 15) is 9.18 Å². The molecule has 0 atom stereocenters. The molecule has 0 bridgehead atoms. The van der Waals surface area contributed by atoms with Crippen molar-refractivity contribution in [1.29, 1.82) is 0 Å². The summed E-state index contributed by atoms with van der Waals surface area (Å²) in [5.41, 5.74) is 0.830. The van der Waals surface area contributed by atoms with Crippen molar-refractivity contribution in [3.8, 4) is 11.4 Å². The third-order valence-electron chi connectivity index (χ3n) is 4.74. The molecule has 0 radical (unpaired) electrons. The summed E-state index contributed by atoms with van der Waals surface area (Å²) in [5.74, 6) is 2.05. The van der Waals surface area contributed by atoms with Crippen molar-refractivity contribution < 1.29 is 13.6 Å². The number of hydrogen-bond acceptors (Lipinski definition) is 4. The first-order valence-corrected chi connectivity index (χ1v) is 9.37. The van der Waals surface area contributed by atoms with Gasteiger partial charge in [-0.1, -0.05) is 6.42 Å². The second-order valence-electron chi connectivity index (χ2n) is 6.87. The molecule has 2 aromatic heterocycles. The summed E-state index contributed by atoms with van der Waals surface area (Å²) in [6, 6.07) is 8.07. The Hall–Kier alpha value is -3.22. The number of fused-ring (bicyclic) bond motifs is 1. The van der Waals surface area contributed by atoms with E-state index in [1.807, 2.05) is 17.6 Å². The first kappa shape index (κ1) is 18.2. The number of nitrogens with one attached hydrogen (secondary N) is 1. The molecule has 1 aliphatic heterocycles. The lowest BCUT2D eigenvalue weighted by Crippen LogP contribution is -2.09.